The van der Waals surface area contributed by atoms with Crippen LogP contribution in [-0.4, -0.2) is 73.9 Å². The third-order valence-electron chi connectivity index (χ3n) is 3.91. The first-order chi connectivity index (χ1) is 9.64. The highest BCUT2D eigenvalue weighted by molar-refractivity contribution is 7.88. The number of carbonyl (C=O) groups is 3. The molecule has 1 spiro atoms. The molecule has 0 aromatic rings. The van der Waals surface area contributed by atoms with Crippen molar-refractivity contribution >= 4 is 27.9 Å². The van der Waals surface area contributed by atoms with Gasteiger partial charge in [0, 0.05) is 20.1 Å². The summed E-state index contributed by atoms with van der Waals surface area (Å²) in [7, 11) is -2.07. The van der Waals surface area contributed by atoms with E-state index in [1.165, 1.54) is 11.9 Å². The van der Waals surface area contributed by atoms with Crippen LogP contribution >= 0.6 is 0 Å². The molecule has 21 heavy (non-hydrogen) atoms. The molecule has 0 radical (unpaired) electrons. The van der Waals surface area contributed by atoms with Crippen LogP contribution in [-0.2, 0) is 19.6 Å². The first-order valence-corrected chi connectivity index (χ1v) is 8.32. The van der Waals surface area contributed by atoms with Gasteiger partial charge in [0.2, 0.25) is 15.9 Å². The maximum Gasteiger partial charge on any atom is 0.322 e. The molecule has 2 N–H and O–H groups in total. The molecule has 2 heterocycles. The molecule has 0 saturated carbocycles. The fraction of sp³-hybridized carbons (Fsp3) is 0.727. The summed E-state index contributed by atoms with van der Waals surface area (Å²) in [6.45, 7) is 0.360. The first kappa shape index (κ1) is 15.7. The molecule has 2 aliphatic rings. The van der Waals surface area contributed by atoms with Gasteiger partial charge in [-0.25, -0.2) is 13.2 Å². The molecule has 10 heteroatoms. The number of nitrogens with one attached hydrogen (secondary N) is 2. The van der Waals surface area contributed by atoms with Crippen LogP contribution in [0.5, 0.6) is 0 Å². The number of imide groups is 1. The predicted molar refractivity (Wildman–Crippen MR) is 72.7 cm³/mol. The van der Waals surface area contributed by atoms with Gasteiger partial charge in [0.1, 0.15) is 5.54 Å². The number of rotatable bonds is 3. The largest absolute Gasteiger partial charge is 0.341 e. The second-order valence-electron chi connectivity index (χ2n) is 5.39. The van der Waals surface area contributed by atoms with E-state index in [2.05, 4.69) is 10.6 Å². The number of hydrogen-bond acceptors (Lipinski definition) is 5. The molecule has 0 aliphatic carbocycles. The number of urea groups is 1. The van der Waals surface area contributed by atoms with E-state index in [4.69, 9.17) is 0 Å². The number of likely N-dealkylation sites (tertiary alicyclic amines) is 1. The maximum absolute atomic E-state index is 12.0. The summed E-state index contributed by atoms with van der Waals surface area (Å²) >= 11 is 0. The zero-order chi connectivity index (χ0) is 15.8. The normalized spacial score (nSPS) is 21.6. The molecule has 2 rings (SSSR count). The number of carbonyl (C=O) groups excluding carboxylic acids is 3. The monoisotopic (exact) mass is 318 g/mol. The van der Waals surface area contributed by atoms with Crippen LogP contribution in [0.25, 0.3) is 0 Å². The average molecular weight is 318 g/mol. The summed E-state index contributed by atoms with van der Waals surface area (Å²) in [5, 5.41) is 4.79. The molecule has 118 valence electrons. The molecule has 2 saturated heterocycles. The van der Waals surface area contributed by atoms with Gasteiger partial charge in [0.15, 0.2) is 0 Å². The van der Waals surface area contributed by atoms with Crippen molar-refractivity contribution < 1.29 is 22.8 Å². The Balaban J connectivity index is 1.94. The third kappa shape index (κ3) is 3.16. The highest BCUT2D eigenvalue weighted by Gasteiger charge is 2.48. The number of hydrogen-bond donors (Lipinski definition) is 2. The molecule has 0 aromatic carbocycles. The second kappa shape index (κ2) is 5.26. The molecule has 0 unspecified atom stereocenters. The Morgan fingerprint density at radius 1 is 1.33 bits per heavy atom. The van der Waals surface area contributed by atoms with E-state index in [0.29, 0.717) is 25.9 Å². The highest BCUT2D eigenvalue weighted by Crippen LogP contribution is 2.25. The molecule has 2 aliphatic heterocycles. The van der Waals surface area contributed by atoms with Gasteiger partial charge in [-0.15, -0.1) is 0 Å². The van der Waals surface area contributed by atoms with Gasteiger partial charge < -0.3 is 10.2 Å². The average Bonchev–Trinajstić information content (AvgIpc) is 2.63. The van der Waals surface area contributed by atoms with Crippen molar-refractivity contribution in [2.45, 2.75) is 18.4 Å². The minimum Gasteiger partial charge on any atom is -0.341 e. The van der Waals surface area contributed by atoms with Crippen molar-refractivity contribution in [3.63, 3.8) is 0 Å². The van der Waals surface area contributed by atoms with E-state index >= 15 is 0 Å². The van der Waals surface area contributed by atoms with Gasteiger partial charge in [-0.05, 0) is 12.8 Å². The molecule has 2 fully saturated rings. The Morgan fingerprint density at radius 2 is 1.90 bits per heavy atom. The maximum atomic E-state index is 12.0. The first-order valence-electron chi connectivity index (χ1n) is 6.47. The number of likely N-dealkylation sites (N-methyl/N-ethyl adjacent to an activating group) is 1. The molecule has 4 amide bonds. The summed E-state index contributed by atoms with van der Waals surface area (Å²) < 4.78 is 23.6. The van der Waals surface area contributed by atoms with Crippen molar-refractivity contribution in [3.05, 3.63) is 0 Å². The smallest absolute Gasteiger partial charge is 0.322 e. The Morgan fingerprint density at radius 3 is 2.33 bits per heavy atom. The van der Waals surface area contributed by atoms with Crippen LogP contribution < -0.4 is 10.6 Å². The van der Waals surface area contributed by atoms with Gasteiger partial charge in [-0.1, -0.05) is 0 Å². The molecule has 0 atom stereocenters. The fourth-order valence-electron chi connectivity index (χ4n) is 2.43. The summed E-state index contributed by atoms with van der Waals surface area (Å²) in [6.07, 6.45) is 1.67. The summed E-state index contributed by atoms with van der Waals surface area (Å²) in [5.41, 5.74) is -0.934. The minimum absolute atomic E-state index is 0.232. The lowest BCUT2D eigenvalue weighted by Gasteiger charge is -2.37. The number of piperidine rings is 1. The lowest BCUT2D eigenvalue weighted by Crippen LogP contribution is -2.56. The summed E-state index contributed by atoms with van der Waals surface area (Å²) in [5.74, 6) is -0.685. The van der Waals surface area contributed by atoms with Gasteiger partial charge in [-0.3, -0.25) is 14.9 Å². The van der Waals surface area contributed by atoms with Crippen LogP contribution in [0, 0.1) is 0 Å². The van der Waals surface area contributed by atoms with Crippen molar-refractivity contribution in [2.75, 3.05) is 32.9 Å². The molecule has 0 aromatic heterocycles. The number of sulfonamides is 1. The van der Waals surface area contributed by atoms with Crippen LogP contribution in [0.15, 0.2) is 0 Å². The number of nitrogens with zero attached hydrogens (tertiary/aromatic N) is 2. The van der Waals surface area contributed by atoms with Gasteiger partial charge >= 0.3 is 6.03 Å². The standard InChI is InChI=1S/C11H18N4O5S/c1-14(21(2,19)20)7-8(16)15-5-3-11(4-6-15)9(17)12-10(18)13-11/h3-7H2,1-2H3,(H2,12,13,17,18). The Kier molecular flexibility index (Phi) is 3.93. The topological polar surface area (TPSA) is 116 Å². The molecular formula is C11H18N4O5S. The van der Waals surface area contributed by atoms with Crippen molar-refractivity contribution in [3.8, 4) is 0 Å². The van der Waals surface area contributed by atoms with E-state index in [1.807, 2.05) is 0 Å². The van der Waals surface area contributed by atoms with Gasteiger partial charge in [-0.2, -0.15) is 4.31 Å². The van der Waals surface area contributed by atoms with E-state index < -0.39 is 21.6 Å². The molecule has 9 nitrogen and oxygen atoms in total. The van der Waals surface area contributed by atoms with Crippen LogP contribution in [0.2, 0.25) is 0 Å². The Labute approximate surface area is 122 Å². The second-order valence-corrected chi connectivity index (χ2v) is 7.48. The van der Waals surface area contributed by atoms with E-state index in [1.54, 1.807) is 0 Å². The Hall–Kier alpha value is -1.68. The molecule has 0 bridgehead atoms. The summed E-state index contributed by atoms with van der Waals surface area (Å²) in [4.78, 5) is 36.5. The minimum atomic E-state index is -3.41. The van der Waals surface area contributed by atoms with Crippen molar-refractivity contribution in [1.29, 1.82) is 0 Å². The van der Waals surface area contributed by atoms with Crippen LogP contribution in [0.3, 0.4) is 0 Å². The lowest BCUT2D eigenvalue weighted by atomic mass is 9.88. The predicted octanol–water partition coefficient (Wildman–Crippen LogP) is -1.92. The lowest BCUT2D eigenvalue weighted by molar-refractivity contribution is -0.135. The van der Waals surface area contributed by atoms with Gasteiger partial charge in [0.25, 0.3) is 5.91 Å². The van der Waals surface area contributed by atoms with Gasteiger partial charge in [0.05, 0.1) is 12.8 Å². The van der Waals surface area contributed by atoms with Crippen LogP contribution in [0.4, 0.5) is 4.79 Å². The SMILES string of the molecule is CN(CC(=O)N1CCC2(CC1)NC(=O)NC2=O)S(C)(=O)=O. The van der Waals surface area contributed by atoms with E-state index in [-0.39, 0.29) is 18.4 Å². The summed E-state index contributed by atoms with van der Waals surface area (Å²) in [6, 6.07) is -0.517. The van der Waals surface area contributed by atoms with E-state index in [9.17, 15) is 22.8 Å². The fourth-order valence-corrected chi connectivity index (χ4v) is 2.77. The van der Waals surface area contributed by atoms with Crippen LogP contribution in [0.1, 0.15) is 12.8 Å². The zero-order valence-electron chi connectivity index (χ0n) is 11.9. The van der Waals surface area contributed by atoms with E-state index in [0.717, 1.165) is 10.6 Å². The highest BCUT2D eigenvalue weighted by atomic mass is 32.2. The molecular weight excluding hydrogens is 300 g/mol. The van der Waals surface area contributed by atoms with Crippen molar-refractivity contribution in [1.82, 2.24) is 19.8 Å². The zero-order valence-corrected chi connectivity index (χ0v) is 12.7. The quantitative estimate of drug-likeness (QED) is 0.588. The third-order valence-corrected chi connectivity index (χ3v) is 5.17. The number of amides is 4. The Bertz CT molecular complexity index is 579. The van der Waals surface area contributed by atoms with Crippen molar-refractivity contribution in [2.24, 2.45) is 0 Å².